The third kappa shape index (κ3) is 2.15. The highest BCUT2D eigenvalue weighted by atomic mass is 127. The molecule has 0 saturated heterocycles. The van der Waals surface area contributed by atoms with E-state index in [0.717, 1.165) is 22.0 Å². The molecule has 3 rings (SSSR count). The van der Waals surface area contributed by atoms with E-state index >= 15 is 0 Å². The van der Waals surface area contributed by atoms with Crippen molar-refractivity contribution < 1.29 is 5.11 Å². The summed E-state index contributed by atoms with van der Waals surface area (Å²) in [7, 11) is 0. The van der Waals surface area contributed by atoms with Crippen LogP contribution in [0.1, 0.15) is 17.2 Å². The first kappa shape index (κ1) is 12.1. The maximum atomic E-state index is 10.5. The second kappa shape index (κ2) is 4.95. The molecule has 1 N–H and O–H groups in total. The molecule has 0 aliphatic rings. The van der Waals surface area contributed by atoms with Crippen molar-refractivity contribution in [2.45, 2.75) is 6.10 Å². The van der Waals surface area contributed by atoms with E-state index in [1.807, 2.05) is 41.8 Å². The van der Waals surface area contributed by atoms with Crippen molar-refractivity contribution in [3.05, 3.63) is 62.0 Å². The summed E-state index contributed by atoms with van der Waals surface area (Å²) in [5.41, 5.74) is 2.67. The van der Waals surface area contributed by atoms with E-state index in [4.69, 9.17) is 0 Å². The lowest BCUT2D eigenvalue weighted by Crippen LogP contribution is -1.99. The van der Waals surface area contributed by atoms with Gasteiger partial charge < -0.3 is 5.11 Å². The highest BCUT2D eigenvalue weighted by Gasteiger charge is 2.15. The molecule has 0 aliphatic heterocycles. The van der Waals surface area contributed by atoms with Crippen LogP contribution in [0.25, 0.3) is 10.9 Å². The lowest BCUT2D eigenvalue weighted by atomic mass is 10.0. The van der Waals surface area contributed by atoms with Crippen LogP contribution in [0.15, 0.2) is 48.0 Å². The molecule has 0 fully saturated rings. The van der Waals surface area contributed by atoms with Crippen LogP contribution in [-0.4, -0.2) is 10.1 Å². The van der Waals surface area contributed by atoms with E-state index in [1.165, 1.54) is 2.88 Å². The minimum atomic E-state index is -0.608. The number of rotatable bonds is 2. The zero-order valence-corrected chi connectivity index (χ0v) is 12.4. The van der Waals surface area contributed by atoms with E-state index in [-0.39, 0.29) is 0 Å². The molecule has 2 nitrogen and oxygen atoms in total. The molecule has 0 radical (unpaired) electrons. The number of pyridine rings is 1. The van der Waals surface area contributed by atoms with Gasteiger partial charge in [-0.15, -0.1) is 11.3 Å². The molecule has 0 bridgehead atoms. The van der Waals surface area contributed by atoms with Crippen LogP contribution in [0.3, 0.4) is 0 Å². The minimum Gasteiger partial charge on any atom is -0.384 e. The summed E-state index contributed by atoms with van der Waals surface area (Å²) >= 11 is 3.90. The molecule has 0 spiro atoms. The van der Waals surface area contributed by atoms with Crippen molar-refractivity contribution in [3.8, 4) is 0 Å². The molecular weight excluding hydrogens is 357 g/mol. The molecule has 18 heavy (non-hydrogen) atoms. The van der Waals surface area contributed by atoms with Crippen LogP contribution in [-0.2, 0) is 0 Å². The van der Waals surface area contributed by atoms with Gasteiger partial charge in [0.05, 0.1) is 8.40 Å². The Balaban J connectivity index is 2.14. The Morgan fingerprint density at radius 1 is 1.22 bits per heavy atom. The maximum Gasteiger partial charge on any atom is 0.107 e. The van der Waals surface area contributed by atoms with Crippen LogP contribution in [0.5, 0.6) is 0 Å². The van der Waals surface area contributed by atoms with Crippen molar-refractivity contribution in [3.63, 3.8) is 0 Å². The molecule has 3 aromatic rings. The normalized spacial score (nSPS) is 12.8. The monoisotopic (exact) mass is 367 g/mol. The first-order valence-electron chi connectivity index (χ1n) is 5.51. The van der Waals surface area contributed by atoms with Crippen LogP contribution >= 0.6 is 33.9 Å². The number of hydrogen-bond acceptors (Lipinski definition) is 3. The first-order valence-corrected chi connectivity index (χ1v) is 7.47. The standard InChI is InChI=1S/C14H10INOS/c15-12-7-10(8-18-12)14(17)11-5-1-3-9-4-2-6-16-13(9)11/h1-8,14,17H. The van der Waals surface area contributed by atoms with Gasteiger partial charge in [-0.3, -0.25) is 4.98 Å². The van der Waals surface area contributed by atoms with Crippen molar-refractivity contribution in [2.75, 3.05) is 0 Å². The largest absolute Gasteiger partial charge is 0.384 e. The second-order valence-electron chi connectivity index (χ2n) is 4.01. The number of thiophene rings is 1. The Hall–Kier alpha value is -0.980. The number of benzene rings is 1. The smallest absolute Gasteiger partial charge is 0.107 e. The van der Waals surface area contributed by atoms with Gasteiger partial charge in [0.1, 0.15) is 6.10 Å². The Bertz CT molecular complexity index is 690. The van der Waals surface area contributed by atoms with Gasteiger partial charge >= 0.3 is 0 Å². The Morgan fingerprint density at radius 3 is 2.83 bits per heavy atom. The van der Waals surface area contributed by atoms with Crippen molar-refractivity contribution in [1.29, 1.82) is 0 Å². The Kier molecular flexibility index (Phi) is 3.32. The van der Waals surface area contributed by atoms with Gasteiger partial charge in [-0.25, -0.2) is 0 Å². The zero-order chi connectivity index (χ0) is 12.5. The van der Waals surface area contributed by atoms with Gasteiger partial charge in [0, 0.05) is 17.1 Å². The molecule has 2 aromatic heterocycles. The fourth-order valence-electron chi connectivity index (χ4n) is 1.99. The molecule has 1 atom stereocenters. The number of nitrogens with zero attached hydrogens (tertiary/aromatic N) is 1. The highest BCUT2D eigenvalue weighted by molar-refractivity contribution is 14.1. The number of fused-ring (bicyclic) bond motifs is 1. The average Bonchev–Trinajstić information content (AvgIpc) is 2.84. The van der Waals surface area contributed by atoms with Gasteiger partial charge in [0.15, 0.2) is 0 Å². The lowest BCUT2D eigenvalue weighted by Gasteiger charge is -2.11. The summed E-state index contributed by atoms with van der Waals surface area (Å²) in [4.78, 5) is 4.38. The van der Waals surface area contributed by atoms with Crippen molar-refractivity contribution >= 4 is 44.8 Å². The summed E-state index contributed by atoms with van der Waals surface area (Å²) in [6, 6.07) is 11.8. The summed E-state index contributed by atoms with van der Waals surface area (Å²) < 4.78 is 1.18. The molecule has 4 heteroatoms. The number of aliphatic hydroxyl groups is 1. The molecule has 1 aromatic carbocycles. The summed E-state index contributed by atoms with van der Waals surface area (Å²) in [6.45, 7) is 0. The molecule has 1 unspecified atom stereocenters. The van der Waals surface area contributed by atoms with Crippen LogP contribution < -0.4 is 0 Å². The molecule has 0 amide bonds. The van der Waals surface area contributed by atoms with Gasteiger partial charge in [-0.1, -0.05) is 24.3 Å². The quantitative estimate of drug-likeness (QED) is 0.695. The summed E-state index contributed by atoms with van der Waals surface area (Å²) in [5, 5.41) is 13.5. The zero-order valence-electron chi connectivity index (χ0n) is 9.38. The van der Waals surface area contributed by atoms with E-state index in [0.29, 0.717) is 0 Å². The van der Waals surface area contributed by atoms with E-state index in [2.05, 4.69) is 27.6 Å². The van der Waals surface area contributed by atoms with E-state index in [9.17, 15) is 5.11 Å². The molecule has 90 valence electrons. The van der Waals surface area contributed by atoms with Crippen LogP contribution in [0.2, 0.25) is 0 Å². The van der Waals surface area contributed by atoms with Gasteiger partial charge in [0.2, 0.25) is 0 Å². The number of hydrogen-bond donors (Lipinski definition) is 1. The van der Waals surface area contributed by atoms with Crippen molar-refractivity contribution in [2.24, 2.45) is 0 Å². The number of aliphatic hydroxyl groups excluding tert-OH is 1. The summed E-state index contributed by atoms with van der Waals surface area (Å²) in [6.07, 6.45) is 1.15. The van der Waals surface area contributed by atoms with Crippen molar-refractivity contribution in [1.82, 2.24) is 4.98 Å². The molecular formula is C14H10INOS. The van der Waals surface area contributed by atoms with Gasteiger partial charge in [0.25, 0.3) is 0 Å². The highest BCUT2D eigenvalue weighted by Crippen LogP contribution is 2.30. The third-order valence-electron chi connectivity index (χ3n) is 2.86. The van der Waals surface area contributed by atoms with Gasteiger partial charge in [-0.05, 0) is 45.7 Å². The second-order valence-corrected chi connectivity index (χ2v) is 6.81. The number of para-hydroxylation sites is 1. The van der Waals surface area contributed by atoms with Crippen LogP contribution in [0.4, 0.5) is 0 Å². The predicted octanol–water partition coefficient (Wildman–Crippen LogP) is 3.98. The number of aromatic nitrogens is 1. The SMILES string of the molecule is OC(c1csc(I)c1)c1cccc2cccnc12. The van der Waals surface area contributed by atoms with Crippen LogP contribution in [0, 0.1) is 2.88 Å². The molecule has 0 saturated carbocycles. The Morgan fingerprint density at radius 2 is 2.06 bits per heavy atom. The average molecular weight is 367 g/mol. The maximum absolute atomic E-state index is 10.5. The Labute approximate surface area is 122 Å². The summed E-state index contributed by atoms with van der Waals surface area (Å²) in [5.74, 6) is 0. The third-order valence-corrected chi connectivity index (χ3v) is 4.67. The minimum absolute atomic E-state index is 0.608. The van der Waals surface area contributed by atoms with Gasteiger partial charge in [-0.2, -0.15) is 0 Å². The predicted molar refractivity (Wildman–Crippen MR) is 82.8 cm³/mol. The van der Waals surface area contributed by atoms with E-state index in [1.54, 1.807) is 17.5 Å². The molecule has 0 aliphatic carbocycles. The lowest BCUT2D eigenvalue weighted by molar-refractivity contribution is 0.222. The topological polar surface area (TPSA) is 33.1 Å². The molecule has 2 heterocycles. The fourth-order valence-corrected chi connectivity index (χ4v) is 3.39. The number of halogens is 1. The first-order chi connectivity index (χ1) is 8.75. The fraction of sp³-hybridized carbons (Fsp3) is 0.0714. The van der Waals surface area contributed by atoms with E-state index < -0.39 is 6.10 Å².